The smallest absolute Gasteiger partial charge is 0.191 e. The van der Waals surface area contributed by atoms with Gasteiger partial charge in [0.2, 0.25) is 0 Å². The van der Waals surface area contributed by atoms with Gasteiger partial charge in [-0.3, -0.25) is 9.89 Å². The third kappa shape index (κ3) is 5.07. The van der Waals surface area contributed by atoms with Gasteiger partial charge in [-0.2, -0.15) is 0 Å². The first-order chi connectivity index (χ1) is 8.74. The van der Waals surface area contributed by atoms with Crippen LogP contribution >= 0.6 is 24.0 Å². The molecule has 1 aliphatic carbocycles. The van der Waals surface area contributed by atoms with Crippen molar-refractivity contribution in [2.45, 2.75) is 38.8 Å². The highest BCUT2D eigenvalue weighted by atomic mass is 127. The van der Waals surface area contributed by atoms with Crippen LogP contribution in [0.1, 0.15) is 26.7 Å². The van der Waals surface area contributed by atoms with E-state index >= 15 is 0 Å². The summed E-state index contributed by atoms with van der Waals surface area (Å²) in [7, 11) is 0. The molecule has 1 aliphatic heterocycles. The highest BCUT2D eigenvalue weighted by Crippen LogP contribution is 2.31. The van der Waals surface area contributed by atoms with Crippen LogP contribution in [0.3, 0.4) is 0 Å². The van der Waals surface area contributed by atoms with Crippen LogP contribution in [-0.4, -0.2) is 60.8 Å². The third-order valence-corrected chi connectivity index (χ3v) is 3.74. The Morgan fingerprint density at radius 2 is 2.11 bits per heavy atom. The van der Waals surface area contributed by atoms with Crippen molar-refractivity contribution in [3.8, 4) is 0 Å². The van der Waals surface area contributed by atoms with Crippen LogP contribution in [0.15, 0.2) is 4.99 Å². The van der Waals surface area contributed by atoms with E-state index in [4.69, 9.17) is 5.11 Å². The molecule has 1 saturated carbocycles. The molecule has 3 N–H and O–H groups in total. The van der Waals surface area contributed by atoms with Crippen LogP contribution in [0.25, 0.3) is 0 Å². The molecule has 0 aromatic rings. The fourth-order valence-electron chi connectivity index (χ4n) is 2.59. The number of aliphatic hydroxyl groups excluding tert-OH is 1. The first kappa shape index (κ1) is 17.0. The van der Waals surface area contributed by atoms with E-state index in [-0.39, 0.29) is 30.6 Å². The Morgan fingerprint density at radius 3 is 2.68 bits per heavy atom. The van der Waals surface area contributed by atoms with Gasteiger partial charge in [-0.1, -0.05) is 6.92 Å². The fraction of sp³-hybridized carbons (Fsp3) is 0.923. The monoisotopic (exact) mass is 382 g/mol. The first-order valence-corrected chi connectivity index (χ1v) is 7.14. The Bertz CT molecular complexity index is 296. The van der Waals surface area contributed by atoms with Gasteiger partial charge in [-0.25, -0.2) is 0 Å². The SMILES string of the molecule is CCNC(=NCCO)NC1CN(C2CC2)CC1C.I. The van der Waals surface area contributed by atoms with Gasteiger partial charge < -0.3 is 15.7 Å². The van der Waals surface area contributed by atoms with Gasteiger partial charge >= 0.3 is 0 Å². The number of rotatable bonds is 5. The maximum absolute atomic E-state index is 8.85. The molecule has 6 heteroatoms. The van der Waals surface area contributed by atoms with E-state index in [1.54, 1.807) is 0 Å². The number of guanidine groups is 1. The molecule has 0 bridgehead atoms. The van der Waals surface area contributed by atoms with Crippen molar-refractivity contribution in [2.75, 3.05) is 32.8 Å². The van der Waals surface area contributed by atoms with E-state index in [1.807, 2.05) is 0 Å². The minimum Gasteiger partial charge on any atom is -0.394 e. The molecule has 2 fully saturated rings. The molecule has 2 atom stereocenters. The van der Waals surface area contributed by atoms with Crippen molar-refractivity contribution in [1.29, 1.82) is 0 Å². The molecule has 2 unspecified atom stereocenters. The van der Waals surface area contributed by atoms with Crippen LogP contribution in [0.2, 0.25) is 0 Å². The molecule has 5 nitrogen and oxygen atoms in total. The van der Waals surface area contributed by atoms with Gasteiger partial charge in [0.25, 0.3) is 0 Å². The van der Waals surface area contributed by atoms with Gasteiger partial charge in [0, 0.05) is 31.7 Å². The van der Waals surface area contributed by atoms with E-state index in [2.05, 4.69) is 34.4 Å². The van der Waals surface area contributed by atoms with Crippen LogP contribution in [0.4, 0.5) is 0 Å². The summed E-state index contributed by atoms with van der Waals surface area (Å²) in [5.74, 6) is 1.49. The minimum absolute atomic E-state index is 0. The molecule has 1 heterocycles. The second-order valence-electron chi connectivity index (χ2n) is 5.40. The van der Waals surface area contributed by atoms with E-state index in [9.17, 15) is 0 Å². The number of nitrogens with one attached hydrogen (secondary N) is 2. The van der Waals surface area contributed by atoms with Crippen LogP contribution in [-0.2, 0) is 0 Å². The van der Waals surface area contributed by atoms with Crippen molar-refractivity contribution in [3.63, 3.8) is 0 Å². The van der Waals surface area contributed by atoms with E-state index in [1.165, 1.54) is 19.4 Å². The van der Waals surface area contributed by atoms with Crippen molar-refractivity contribution < 1.29 is 5.11 Å². The second-order valence-corrected chi connectivity index (χ2v) is 5.40. The van der Waals surface area contributed by atoms with E-state index in [0.717, 1.165) is 25.1 Å². The number of aliphatic hydroxyl groups is 1. The zero-order chi connectivity index (χ0) is 13.0. The van der Waals surface area contributed by atoms with Crippen LogP contribution < -0.4 is 10.6 Å². The number of likely N-dealkylation sites (tertiary alicyclic amines) is 1. The largest absolute Gasteiger partial charge is 0.394 e. The lowest BCUT2D eigenvalue weighted by Crippen LogP contribution is -2.46. The van der Waals surface area contributed by atoms with Crippen LogP contribution in [0.5, 0.6) is 0 Å². The number of hydrogen-bond donors (Lipinski definition) is 3. The zero-order valence-electron chi connectivity index (χ0n) is 11.9. The first-order valence-electron chi connectivity index (χ1n) is 7.14. The normalized spacial score (nSPS) is 28.1. The highest BCUT2D eigenvalue weighted by Gasteiger charge is 2.38. The molecule has 0 aromatic heterocycles. The Balaban J connectivity index is 0.00000180. The minimum atomic E-state index is 0. The lowest BCUT2D eigenvalue weighted by molar-refractivity contribution is 0.306. The average Bonchev–Trinajstić information content (AvgIpc) is 3.13. The summed E-state index contributed by atoms with van der Waals surface area (Å²) in [6, 6.07) is 1.32. The molecular weight excluding hydrogens is 355 g/mol. The van der Waals surface area contributed by atoms with Gasteiger partial charge in [0.15, 0.2) is 5.96 Å². The summed E-state index contributed by atoms with van der Waals surface area (Å²) in [5, 5.41) is 15.6. The quantitative estimate of drug-likeness (QED) is 0.371. The van der Waals surface area contributed by atoms with Gasteiger partial charge in [0.05, 0.1) is 13.2 Å². The van der Waals surface area contributed by atoms with Crippen molar-refractivity contribution in [3.05, 3.63) is 0 Å². The lowest BCUT2D eigenvalue weighted by Gasteiger charge is -2.20. The highest BCUT2D eigenvalue weighted by molar-refractivity contribution is 14.0. The predicted molar refractivity (Wildman–Crippen MR) is 89.2 cm³/mol. The third-order valence-electron chi connectivity index (χ3n) is 3.74. The average molecular weight is 382 g/mol. The van der Waals surface area contributed by atoms with Gasteiger partial charge in [0.1, 0.15) is 0 Å². The summed E-state index contributed by atoms with van der Waals surface area (Å²) in [6.07, 6.45) is 2.75. The Labute approximate surface area is 133 Å². The number of halogens is 1. The molecule has 2 aliphatic rings. The van der Waals surface area contributed by atoms with E-state index < -0.39 is 0 Å². The Kier molecular flexibility index (Phi) is 7.38. The molecule has 2 rings (SSSR count). The summed E-state index contributed by atoms with van der Waals surface area (Å²) in [6.45, 7) is 8.09. The second kappa shape index (κ2) is 8.26. The predicted octanol–water partition coefficient (Wildman–Crippen LogP) is 0.634. The summed E-state index contributed by atoms with van der Waals surface area (Å²) in [4.78, 5) is 6.94. The molecule has 1 saturated heterocycles. The molecule has 0 spiro atoms. The molecular formula is C13H27IN4O. The van der Waals surface area contributed by atoms with Gasteiger partial charge in [-0.15, -0.1) is 24.0 Å². The molecule has 0 amide bonds. The van der Waals surface area contributed by atoms with Crippen molar-refractivity contribution in [2.24, 2.45) is 10.9 Å². The maximum Gasteiger partial charge on any atom is 0.191 e. The Morgan fingerprint density at radius 1 is 1.37 bits per heavy atom. The van der Waals surface area contributed by atoms with E-state index in [0.29, 0.717) is 18.5 Å². The van der Waals surface area contributed by atoms with Crippen LogP contribution in [0, 0.1) is 5.92 Å². The topological polar surface area (TPSA) is 59.9 Å². The molecule has 19 heavy (non-hydrogen) atoms. The maximum atomic E-state index is 8.85. The summed E-state index contributed by atoms with van der Waals surface area (Å²) >= 11 is 0. The fourth-order valence-corrected chi connectivity index (χ4v) is 2.59. The van der Waals surface area contributed by atoms with Gasteiger partial charge in [-0.05, 0) is 25.7 Å². The van der Waals surface area contributed by atoms with Crippen molar-refractivity contribution in [1.82, 2.24) is 15.5 Å². The number of nitrogens with zero attached hydrogens (tertiary/aromatic N) is 2. The molecule has 0 radical (unpaired) electrons. The van der Waals surface area contributed by atoms with Crippen molar-refractivity contribution >= 4 is 29.9 Å². The standard InChI is InChI=1S/C13H26N4O.HI/c1-3-14-13(15-6-7-18)16-12-9-17(8-10(12)2)11-4-5-11;/h10-12,18H,3-9H2,1-2H3,(H2,14,15,16);1H. The summed E-state index contributed by atoms with van der Waals surface area (Å²) < 4.78 is 0. The lowest BCUT2D eigenvalue weighted by atomic mass is 10.1. The summed E-state index contributed by atoms with van der Waals surface area (Å²) in [5.41, 5.74) is 0. The Hall–Kier alpha value is -0.0800. The molecule has 0 aromatic carbocycles. The number of aliphatic imine (C=N–C) groups is 1. The zero-order valence-corrected chi connectivity index (χ0v) is 14.3. The molecule has 112 valence electrons. The number of hydrogen-bond acceptors (Lipinski definition) is 3.